The van der Waals surface area contributed by atoms with Crippen molar-refractivity contribution in [2.45, 2.75) is 11.5 Å². The first-order valence-electron chi connectivity index (χ1n) is 8.43. The van der Waals surface area contributed by atoms with Crippen molar-refractivity contribution in [1.29, 1.82) is 0 Å². The number of carbonyl (C=O) groups is 1. The van der Waals surface area contributed by atoms with Crippen LogP contribution in [0.5, 0.6) is 0 Å². The van der Waals surface area contributed by atoms with E-state index in [1.54, 1.807) is 54.6 Å². The first-order chi connectivity index (χ1) is 13.4. The zero-order chi connectivity index (χ0) is 20.1. The lowest BCUT2D eigenvalue weighted by molar-refractivity contribution is 0.0472. The molecule has 0 aromatic heterocycles. The number of nitrogens with zero attached hydrogens (tertiary/aromatic N) is 1. The van der Waals surface area contributed by atoms with Gasteiger partial charge in [-0.2, -0.15) is 0 Å². The molecule has 3 rings (SSSR count). The van der Waals surface area contributed by atoms with E-state index in [9.17, 15) is 13.2 Å². The third-order valence-corrected chi connectivity index (χ3v) is 6.16. The van der Waals surface area contributed by atoms with E-state index < -0.39 is 16.0 Å². The molecule has 28 heavy (non-hydrogen) atoms. The van der Waals surface area contributed by atoms with E-state index in [0.717, 1.165) is 5.56 Å². The van der Waals surface area contributed by atoms with Gasteiger partial charge in [-0.25, -0.2) is 13.2 Å². The quantitative estimate of drug-likeness (QED) is 0.555. The molecule has 0 aliphatic heterocycles. The summed E-state index contributed by atoms with van der Waals surface area (Å²) in [7, 11) is -2.34. The first-order valence-corrected chi connectivity index (χ1v) is 10.3. The van der Waals surface area contributed by atoms with Crippen LogP contribution in [0.1, 0.15) is 15.9 Å². The molecule has 0 fully saturated rings. The number of benzene rings is 3. The van der Waals surface area contributed by atoms with Crippen molar-refractivity contribution in [2.75, 3.05) is 11.4 Å². The van der Waals surface area contributed by atoms with Gasteiger partial charge in [-0.3, -0.25) is 4.31 Å². The molecule has 3 aromatic rings. The van der Waals surface area contributed by atoms with Gasteiger partial charge in [0, 0.05) is 12.1 Å². The molecule has 3 aromatic carbocycles. The number of hydrogen-bond acceptors (Lipinski definition) is 4. The van der Waals surface area contributed by atoms with Crippen molar-refractivity contribution < 1.29 is 17.9 Å². The van der Waals surface area contributed by atoms with Gasteiger partial charge in [-0.1, -0.05) is 48.0 Å². The Morgan fingerprint density at radius 1 is 0.964 bits per heavy atom. The van der Waals surface area contributed by atoms with Crippen LogP contribution in [-0.2, 0) is 21.4 Å². The summed E-state index contributed by atoms with van der Waals surface area (Å²) in [6.07, 6.45) is 0. The summed E-state index contributed by atoms with van der Waals surface area (Å²) in [5.74, 6) is -0.602. The smallest absolute Gasteiger partial charge is 0.338 e. The van der Waals surface area contributed by atoms with Gasteiger partial charge in [0.15, 0.2) is 0 Å². The third kappa shape index (κ3) is 4.52. The Hall–Kier alpha value is -2.83. The number of carbonyl (C=O) groups excluding carboxylic acids is 1. The molecule has 7 heteroatoms. The predicted molar refractivity (Wildman–Crippen MR) is 109 cm³/mol. The van der Waals surface area contributed by atoms with Gasteiger partial charge in [0.25, 0.3) is 10.0 Å². The van der Waals surface area contributed by atoms with Crippen LogP contribution in [0, 0.1) is 0 Å². The minimum atomic E-state index is -3.81. The number of halogens is 1. The van der Waals surface area contributed by atoms with Crippen LogP contribution >= 0.6 is 11.6 Å². The van der Waals surface area contributed by atoms with Crippen LogP contribution in [0.15, 0.2) is 83.8 Å². The van der Waals surface area contributed by atoms with Crippen molar-refractivity contribution >= 4 is 33.3 Å². The minimum Gasteiger partial charge on any atom is -0.457 e. The summed E-state index contributed by atoms with van der Waals surface area (Å²) in [5.41, 5.74) is 1.47. The molecular formula is C21H18ClNO4S. The summed E-state index contributed by atoms with van der Waals surface area (Å²) in [5, 5.41) is 0.593. The second-order valence-electron chi connectivity index (χ2n) is 6.04. The molecule has 0 atom stereocenters. The van der Waals surface area contributed by atoms with E-state index in [-0.39, 0.29) is 17.1 Å². The van der Waals surface area contributed by atoms with Crippen LogP contribution in [0.25, 0.3) is 0 Å². The second-order valence-corrected chi connectivity index (χ2v) is 8.44. The highest BCUT2D eigenvalue weighted by atomic mass is 35.5. The van der Waals surface area contributed by atoms with Crippen molar-refractivity contribution in [3.05, 3.63) is 95.0 Å². The molecule has 0 unspecified atom stereocenters. The number of para-hydroxylation sites is 1. The summed E-state index contributed by atoms with van der Waals surface area (Å²) in [4.78, 5) is 12.4. The lowest BCUT2D eigenvalue weighted by Gasteiger charge is -2.19. The maximum Gasteiger partial charge on any atom is 0.338 e. The number of ether oxygens (including phenoxy) is 1. The lowest BCUT2D eigenvalue weighted by Crippen LogP contribution is -2.26. The number of anilines is 1. The molecular weight excluding hydrogens is 398 g/mol. The van der Waals surface area contributed by atoms with Crippen molar-refractivity contribution in [3.8, 4) is 0 Å². The topological polar surface area (TPSA) is 63.7 Å². The van der Waals surface area contributed by atoms with Crippen molar-refractivity contribution in [3.63, 3.8) is 0 Å². The maximum absolute atomic E-state index is 12.9. The fourth-order valence-electron chi connectivity index (χ4n) is 2.53. The monoisotopic (exact) mass is 415 g/mol. The first kappa shape index (κ1) is 19.9. The number of sulfonamides is 1. The van der Waals surface area contributed by atoms with Gasteiger partial charge in [0.05, 0.1) is 16.1 Å². The fourth-order valence-corrected chi connectivity index (χ4v) is 3.90. The molecule has 144 valence electrons. The summed E-state index contributed by atoms with van der Waals surface area (Å²) < 4.78 is 32.2. The standard InChI is InChI=1S/C21H18ClNO4S/c1-23(19-7-3-2-4-8-19)28(25,26)20-9-5-6-17(14-20)21(24)27-15-16-10-12-18(22)13-11-16/h2-14H,15H2,1H3. The Bertz CT molecular complexity index is 1070. The van der Waals surface area contributed by atoms with E-state index in [1.165, 1.54) is 35.6 Å². The SMILES string of the molecule is CN(c1ccccc1)S(=O)(=O)c1cccc(C(=O)OCc2ccc(Cl)cc2)c1. The summed E-state index contributed by atoms with van der Waals surface area (Å²) in [6, 6.07) is 21.4. The van der Waals surface area contributed by atoms with E-state index in [4.69, 9.17) is 16.3 Å². The Balaban J connectivity index is 1.77. The Morgan fingerprint density at radius 3 is 2.32 bits per heavy atom. The molecule has 0 spiro atoms. The van der Waals surface area contributed by atoms with Crippen LogP contribution in [0.2, 0.25) is 5.02 Å². The average molecular weight is 416 g/mol. The van der Waals surface area contributed by atoms with Crippen LogP contribution in [0.4, 0.5) is 5.69 Å². The zero-order valence-corrected chi connectivity index (χ0v) is 16.7. The fraction of sp³-hybridized carbons (Fsp3) is 0.0952. The molecule has 0 aliphatic carbocycles. The Kier molecular flexibility index (Phi) is 6.02. The third-order valence-electron chi connectivity index (χ3n) is 4.13. The molecule has 5 nitrogen and oxygen atoms in total. The van der Waals surface area contributed by atoms with E-state index in [1.807, 2.05) is 0 Å². The highest BCUT2D eigenvalue weighted by Crippen LogP contribution is 2.22. The van der Waals surface area contributed by atoms with Gasteiger partial charge >= 0.3 is 5.97 Å². The van der Waals surface area contributed by atoms with Gasteiger partial charge in [-0.15, -0.1) is 0 Å². The number of rotatable bonds is 6. The molecule has 0 radical (unpaired) electrons. The summed E-state index contributed by atoms with van der Waals surface area (Å²) >= 11 is 5.83. The normalized spacial score (nSPS) is 11.1. The van der Waals surface area contributed by atoms with Gasteiger partial charge in [0.1, 0.15) is 6.61 Å². The maximum atomic E-state index is 12.9. The number of esters is 1. The van der Waals surface area contributed by atoms with E-state index in [2.05, 4.69) is 0 Å². The molecule has 0 heterocycles. The van der Waals surface area contributed by atoms with Gasteiger partial charge in [0.2, 0.25) is 0 Å². The predicted octanol–water partition coefficient (Wildman–Crippen LogP) is 4.52. The van der Waals surface area contributed by atoms with Gasteiger partial charge in [-0.05, 0) is 48.0 Å². The molecule has 0 saturated carbocycles. The van der Waals surface area contributed by atoms with E-state index >= 15 is 0 Å². The second kappa shape index (κ2) is 8.46. The highest BCUT2D eigenvalue weighted by molar-refractivity contribution is 7.92. The minimum absolute atomic E-state index is 0.0137. The average Bonchev–Trinajstić information content (AvgIpc) is 2.73. The highest BCUT2D eigenvalue weighted by Gasteiger charge is 2.22. The zero-order valence-electron chi connectivity index (χ0n) is 15.1. The van der Waals surface area contributed by atoms with Crippen molar-refractivity contribution in [2.24, 2.45) is 0 Å². The number of hydrogen-bond donors (Lipinski definition) is 0. The lowest BCUT2D eigenvalue weighted by atomic mass is 10.2. The Labute approximate surface area is 169 Å². The van der Waals surface area contributed by atoms with Crippen LogP contribution < -0.4 is 4.31 Å². The van der Waals surface area contributed by atoms with Crippen LogP contribution in [-0.4, -0.2) is 21.4 Å². The molecule has 0 aliphatic rings. The summed E-state index contributed by atoms with van der Waals surface area (Å²) in [6.45, 7) is 0.0664. The van der Waals surface area contributed by atoms with Crippen LogP contribution in [0.3, 0.4) is 0 Å². The molecule has 0 bridgehead atoms. The Morgan fingerprint density at radius 2 is 1.64 bits per heavy atom. The molecule has 0 amide bonds. The molecule has 0 saturated heterocycles. The van der Waals surface area contributed by atoms with Gasteiger partial charge < -0.3 is 4.74 Å². The largest absolute Gasteiger partial charge is 0.457 e. The van der Waals surface area contributed by atoms with Crippen molar-refractivity contribution in [1.82, 2.24) is 0 Å². The van der Waals surface area contributed by atoms with E-state index in [0.29, 0.717) is 10.7 Å². The molecule has 0 N–H and O–H groups in total.